The molecule has 4 aromatic rings. The largest absolute Gasteiger partial charge is 0.380 e. The summed E-state index contributed by atoms with van der Waals surface area (Å²) in [4.78, 5) is 31.4. The average molecular weight is 410 g/mol. The summed E-state index contributed by atoms with van der Waals surface area (Å²) in [5.74, 6) is 0.703. The maximum absolute atomic E-state index is 12.5. The van der Waals surface area contributed by atoms with Crippen molar-refractivity contribution in [3.63, 3.8) is 0 Å². The minimum absolute atomic E-state index is 0.385. The molecular weight excluding hydrogens is 388 g/mol. The van der Waals surface area contributed by atoms with Crippen LogP contribution >= 0.6 is 11.8 Å². The molecule has 0 atom stereocenters. The molecular formula is C21H22N4O3S. The van der Waals surface area contributed by atoms with Crippen molar-refractivity contribution in [2.45, 2.75) is 24.4 Å². The maximum atomic E-state index is 12.5. The van der Waals surface area contributed by atoms with Crippen molar-refractivity contribution in [3.8, 4) is 0 Å². The maximum Gasteiger partial charge on any atom is 0.329 e. The Hall–Kier alpha value is -2.84. The zero-order chi connectivity index (χ0) is 20.4. The number of nitrogens with one attached hydrogen (secondary N) is 1. The number of aromatic amines is 1. The highest BCUT2D eigenvalue weighted by Gasteiger charge is 2.17. The number of ether oxygens (including phenoxy) is 1. The van der Waals surface area contributed by atoms with E-state index >= 15 is 0 Å². The quantitative estimate of drug-likeness (QED) is 0.374. The summed E-state index contributed by atoms with van der Waals surface area (Å²) in [6.07, 6.45) is 0. The van der Waals surface area contributed by atoms with Crippen LogP contribution in [0.4, 0.5) is 0 Å². The molecule has 0 saturated carbocycles. The molecule has 0 aliphatic heterocycles. The van der Waals surface area contributed by atoms with E-state index in [1.165, 1.54) is 20.9 Å². The van der Waals surface area contributed by atoms with Gasteiger partial charge < -0.3 is 9.30 Å². The zero-order valence-corrected chi connectivity index (χ0v) is 17.2. The molecule has 8 heteroatoms. The van der Waals surface area contributed by atoms with Crippen molar-refractivity contribution in [2.24, 2.45) is 7.05 Å². The van der Waals surface area contributed by atoms with Crippen LogP contribution in [0.3, 0.4) is 0 Å². The number of nitrogens with zero attached hydrogens (tertiary/aromatic N) is 3. The zero-order valence-electron chi connectivity index (χ0n) is 16.3. The van der Waals surface area contributed by atoms with Gasteiger partial charge in [-0.25, -0.2) is 9.78 Å². The highest BCUT2D eigenvalue weighted by Crippen LogP contribution is 2.26. The van der Waals surface area contributed by atoms with Crippen LogP contribution in [-0.4, -0.2) is 32.3 Å². The first-order chi connectivity index (χ1) is 14.1. The lowest BCUT2D eigenvalue weighted by Gasteiger charge is -2.09. The van der Waals surface area contributed by atoms with Gasteiger partial charge in [0.1, 0.15) is 0 Å². The van der Waals surface area contributed by atoms with Gasteiger partial charge in [0, 0.05) is 26.0 Å². The first-order valence-electron chi connectivity index (χ1n) is 9.46. The molecule has 0 radical (unpaired) electrons. The molecule has 1 N–H and O–H groups in total. The summed E-state index contributed by atoms with van der Waals surface area (Å²) in [5.41, 5.74) is 1.05. The smallest absolute Gasteiger partial charge is 0.329 e. The molecule has 150 valence electrons. The second-order valence-electron chi connectivity index (χ2n) is 6.70. The third-order valence-electron chi connectivity index (χ3n) is 4.82. The van der Waals surface area contributed by atoms with Gasteiger partial charge in [-0.1, -0.05) is 54.2 Å². The number of aryl methyl sites for hydroxylation is 1. The molecule has 0 unspecified atom stereocenters. The van der Waals surface area contributed by atoms with Crippen LogP contribution in [-0.2, 0) is 24.1 Å². The Balaban J connectivity index is 1.70. The van der Waals surface area contributed by atoms with Gasteiger partial charge in [-0.2, -0.15) is 0 Å². The third-order valence-corrected chi connectivity index (χ3v) is 5.86. The molecule has 0 bridgehead atoms. The van der Waals surface area contributed by atoms with E-state index in [1.54, 1.807) is 18.8 Å². The fourth-order valence-electron chi connectivity index (χ4n) is 3.31. The van der Waals surface area contributed by atoms with E-state index in [4.69, 9.17) is 4.74 Å². The fourth-order valence-corrected chi connectivity index (χ4v) is 4.27. The van der Waals surface area contributed by atoms with Gasteiger partial charge in [0.25, 0.3) is 5.56 Å². The molecule has 0 saturated heterocycles. The molecule has 7 nitrogen and oxygen atoms in total. The molecule has 29 heavy (non-hydrogen) atoms. The van der Waals surface area contributed by atoms with Gasteiger partial charge in [-0.15, -0.1) is 0 Å². The number of fused-ring (bicyclic) bond motifs is 2. The SMILES string of the molecule is CCOCCn1c(SCc2ccc3ccccc3c2)nc2c1c(=O)[nH]c(=O)n2C. The second-order valence-corrected chi connectivity index (χ2v) is 7.65. The van der Waals surface area contributed by atoms with E-state index in [2.05, 4.69) is 40.3 Å². The van der Waals surface area contributed by atoms with Gasteiger partial charge in [-0.3, -0.25) is 14.3 Å². The van der Waals surface area contributed by atoms with E-state index in [0.29, 0.717) is 41.8 Å². The molecule has 0 amide bonds. The Labute approximate surface area is 171 Å². The molecule has 2 aromatic heterocycles. The summed E-state index contributed by atoms with van der Waals surface area (Å²) in [7, 11) is 1.61. The lowest BCUT2D eigenvalue weighted by Crippen LogP contribution is -2.29. The topological polar surface area (TPSA) is 81.9 Å². The number of benzene rings is 2. The molecule has 4 rings (SSSR count). The number of hydrogen-bond acceptors (Lipinski definition) is 5. The van der Waals surface area contributed by atoms with E-state index < -0.39 is 11.2 Å². The van der Waals surface area contributed by atoms with Crippen molar-refractivity contribution in [1.29, 1.82) is 0 Å². The predicted octanol–water partition coefficient (Wildman–Crippen LogP) is 2.91. The number of thioether (sulfide) groups is 1. The Morgan fingerprint density at radius 2 is 1.93 bits per heavy atom. The summed E-state index contributed by atoms with van der Waals surface area (Å²) in [5, 5.41) is 3.08. The first kappa shape index (κ1) is 19.5. The van der Waals surface area contributed by atoms with E-state index in [1.807, 2.05) is 23.6 Å². The fraction of sp³-hybridized carbons (Fsp3) is 0.286. The van der Waals surface area contributed by atoms with Gasteiger partial charge in [0.15, 0.2) is 16.3 Å². The van der Waals surface area contributed by atoms with Crippen molar-refractivity contribution in [1.82, 2.24) is 19.1 Å². The molecule has 0 fully saturated rings. The lowest BCUT2D eigenvalue weighted by molar-refractivity contribution is 0.138. The second kappa shape index (κ2) is 8.26. The molecule has 0 spiro atoms. The van der Waals surface area contributed by atoms with Gasteiger partial charge in [-0.05, 0) is 23.3 Å². The van der Waals surface area contributed by atoms with Crippen LogP contribution in [0.1, 0.15) is 12.5 Å². The molecule has 2 heterocycles. The lowest BCUT2D eigenvalue weighted by atomic mass is 10.1. The summed E-state index contributed by atoms with van der Waals surface area (Å²) < 4.78 is 8.69. The Morgan fingerprint density at radius 3 is 2.72 bits per heavy atom. The molecule has 0 aliphatic carbocycles. The van der Waals surface area contributed by atoms with E-state index in [9.17, 15) is 9.59 Å². The van der Waals surface area contributed by atoms with Crippen molar-refractivity contribution >= 4 is 33.7 Å². The van der Waals surface area contributed by atoms with Gasteiger partial charge in [0.05, 0.1) is 6.61 Å². The number of H-pyrrole nitrogens is 1. The normalized spacial score (nSPS) is 11.5. The monoisotopic (exact) mass is 410 g/mol. The van der Waals surface area contributed by atoms with Crippen molar-refractivity contribution < 1.29 is 4.74 Å². The van der Waals surface area contributed by atoms with E-state index in [0.717, 1.165) is 0 Å². The summed E-state index contributed by atoms with van der Waals surface area (Å²) in [6, 6.07) is 14.6. The van der Waals surface area contributed by atoms with Gasteiger partial charge in [0.2, 0.25) is 0 Å². The predicted molar refractivity (Wildman–Crippen MR) is 116 cm³/mol. The van der Waals surface area contributed by atoms with Crippen LogP contribution in [0.15, 0.2) is 57.2 Å². The van der Waals surface area contributed by atoms with Gasteiger partial charge >= 0.3 is 5.69 Å². The third kappa shape index (κ3) is 3.86. The highest BCUT2D eigenvalue weighted by molar-refractivity contribution is 7.98. The van der Waals surface area contributed by atoms with Crippen LogP contribution in [0.25, 0.3) is 21.9 Å². The standard InChI is InChI=1S/C21H22N4O3S/c1-3-28-11-10-25-17-18(24(2)20(27)23-19(17)26)22-21(25)29-13-14-8-9-15-6-4-5-7-16(15)12-14/h4-9,12H,3,10-11,13H2,1-2H3,(H,23,26,27). The highest BCUT2D eigenvalue weighted by atomic mass is 32.2. The number of hydrogen-bond donors (Lipinski definition) is 1. The summed E-state index contributed by atoms with van der Waals surface area (Å²) in [6.45, 7) is 3.48. The van der Waals surface area contributed by atoms with E-state index in [-0.39, 0.29) is 0 Å². The van der Waals surface area contributed by atoms with Crippen LogP contribution in [0.2, 0.25) is 0 Å². The Bertz CT molecular complexity index is 1290. The van der Waals surface area contributed by atoms with Crippen molar-refractivity contribution in [3.05, 3.63) is 68.9 Å². The molecule has 2 aromatic carbocycles. The minimum Gasteiger partial charge on any atom is -0.380 e. The Kier molecular flexibility index (Phi) is 5.55. The minimum atomic E-state index is -0.469. The summed E-state index contributed by atoms with van der Waals surface area (Å²) >= 11 is 1.54. The number of imidazole rings is 1. The van der Waals surface area contributed by atoms with Crippen LogP contribution in [0, 0.1) is 0 Å². The van der Waals surface area contributed by atoms with Crippen LogP contribution < -0.4 is 11.2 Å². The number of aromatic nitrogens is 4. The average Bonchev–Trinajstić information content (AvgIpc) is 3.10. The number of rotatable bonds is 7. The van der Waals surface area contributed by atoms with Crippen molar-refractivity contribution in [2.75, 3.05) is 13.2 Å². The molecule has 0 aliphatic rings. The Morgan fingerprint density at radius 1 is 1.14 bits per heavy atom. The van der Waals surface area contributed by atoms with Crippen LogP contribution in [0.5, 0.6) is 0 Å². The first-order valence-corrected chi connectivity index (χ1v) is 10.4.